The number of carbonyl (C=O) groups excluding carboxylic acids is 1. The van der Waals surface area contributed by atoms with E-state index in [-0.39, 0.29) is 17.5 Å². The second kappa shape index (κ2) is 6.84. The number of carbonyl (C=O) groups is 1. The molecule has 21 heavy (non-hydrogen) atoms. The number of methoxy groups -OCH3 is 1. The Bertz CT molecular complexity index is 614. The summed E-state index contributed by atoms with van der Waals surface area (Å²) >= 11 is 0.933. The third kappa shape index (κ3) is 4.02. The second-order valence-electron chi connectivity index (χ2n) is 3.89. The fraction of sp³-hybridized carbons (Fsp3) is 0.250. The van der Waals surface area contributed by atoms with Crippen molar-refractivity contribution in [2.24, 2.45) is 0 Å². The molecule has 0 aliphatic carbocycles. The van der Waals surface area contributed by atoms with Gasteiger partial charge in [0.15, 0.2) is 5.82 Å². The summed E-state index contributed by atoms with van der Waals surface area (Å²) in [6.07, 6.45) is 0. The third-order valence-electron chi connectivity index (χ3n) is 2.48. The Kier molecular flexibility index (Phi) is 4.88. The highest BCUT2D eigenvalue weighted by molar-refractivity contribution is 7.99. The van der Waals surface area contributed by atoms with Gasteiger partial charge in [-0.1, -0.05) is 11.8 Å². The minimum absolute atomic E-state index is 0.113. The molecule has 1 aromatic heterocycles. The molecule has 1 heterocycles. The monoisotopic (exact) mass is 309 g/mol. The topological polar surface area (TPSA) is 115 Å². The van der Waals surface area contributed by atoms with Crippen LogP contribution in [0.15, 0.2) is 29.4 Å². The Morgan fingerprint density at radius 3 is 2.62 bits per heavy atom. The van der Waals surface area contributed by atoms with Crippen molar-refractivity contribution in [2.45, 2.75) is 11.8 Å². The van der Waals surface area contributed by atoms with Crippen molar-refractivity contribution in [2.75, 3.05) is 18.7 Å². The summed E-state index contributed by atoms with van der Waals surface area (Å²) in [4.78, 5) is 10.4. The number of thioether (sulfide) groups is 1. The maximum absolute atomic E-state index is 10.4. The van der Waals surface area contributed by atoms with Gasteiger partial charge in [-0.3, -0.25) is 0 Å². The van der Waals surface area contributed by atoms with Crippen LogP contribution in [0.1, 0.15) is 5.82 Å². The van der Waals surface area contributed by atoms with Gasteiger partial charge in [-0.15, -0.1) is 10.2 Å². The van der Waals surface area contributed by atoms with Crippen molar-refractivity contribution in [1.82, 2.24) is 14.9 Å². The lowest BCUT2D eigenvalue weighted by molar-refractivity contribution is -0.301. The van der Waals surface area contributed by atoms with Crippen LogP contribution in [0.25, 0.3) is 0 Å². The van der Waals surface area contributed by atoms with Gasteiger partial charge in [0.1, 0.15) is 18.1 Å². The Labute approximate surface area is 124 Å². The van der Waals surface area contributed by atoms with Crippen LogP contribution in [0.4, 0.5) is 0 Å². The maximum Gasteiger partial charge on any atom is 0.210 e. The second-order valence-corrected chi connectivity index (χ2v) is 4.84. The molecule has 1 aromatic carbocycles. The van der Waals surface area contributed by atoms with Crippen molar-refractivity contribution in [3.63, 3.8) is 0 Å². The predicted molar refractivity (Wildman–Crippen MR) is 73.2 cm³/mol. The molecule has 2 rings (SSSR count). The average molecular weight is 309 g/mol. The van der Waals surface area contributed by atoms with Crippen LogP contribution in [-0.4, -0.2) is 33.7 Å². The van der Waals surface area contributed by atoms with E-state index in [4.69, 9.17) is 15.3 Å². The molecular formula is C12H13N4O4S-. The summed E-state index contributed by atoms with van der Waals surface area (Å²) in [6, 6.07) is 7.04. The van der Waals surface area contributed by atoms with Crippen molar-refractivity contribution >= 4 is 17.7 Å². The molecule has 0 amide bonds. The lowest BCUT2D eigenvalue weighted by Gasteiger charge is -2.07. The lowest BCUT2D eigenvalue weighted by atomic mass is 10.3. The quantitative estimate of drug-likeness (QED) is 0.533. The number of nitrogen functional groups attached to an aromatic ring is 1. The van der Waals surface area contributed by atoms with Crippen LogP contribution in [-0.2, 0) is 11.4 Å². The van der Waals surface area contributed by atoms with Crippen LogP contribution in [0.2, 0.25) is 0 Å². The maximum atomic E-state index is 10.4. The number of ether oxygens (including phenoxy) is 2. The zero-order valence-corrected chi connectivity index (χ0v) is 12.0. The van der Waals surface area contributed by atoms with Gasteiger partial charge in [-0.25, -0.2) is 4.68 Å². The summed E-state index contributed by atoms with van der Waals surface area (Å²) in [5.41, 5.74) is 0. The molecule has 9 heteroatoms. The Hall–Kier alpha value is -2.42. The Balaban J connectivity index is 1.95. The van der Waals surface area contributed by atoms with Gasteiger partial charge in [0, 0.05) is 5.75 Å². The molecule has 0 unspecified atom stereocenters. The number of hydrogen-bond acceptors (Lipinski definition) is 8. The smallest absolute Gasteiger partial charge is 0.210 e. The van der Waals surface area contributed by atoms with Crippen LogP contribution >= 0.6 is 11.8 Å². The van der Waals surface area contributed by atoms with Crippen LogP contribution in [0, 0.1) is 0 Å². The summed E-state index contributed by atoms with van der Waals surface area (Å²) in [5, 5.41) is 18.3. The number of rotatable bonds is 7. The van der Waals surface area contributed by atoms with Gasteiger partial charge in [-0.2, -0.15) is 0 Å². The van der Waals surface area contributed by atoms with E-state index in [1.54, 1.807) is 31.4 Å². The fourth-order valence-corrected chi connectivity index (χ4v) is 2.04. The molecule has 0 bridgehead atoms. The largest absolute Gasteiger partial charge is 0.549 e. The van der Waals surface area contributed by atoms with Crippen LogP contribution < -0.4 is 20.4 Å². The summed E-state index contributed by atoms with van der Waals surface area (Å²) in [5.74, 6) is 6.06. The molecule has 8 nitrogen and oxygen atoms in total. The third-order valence-corrected chi connectivity index (χ3v) is 3.40. The van der Waals surface area contributed by atoms with E-state index in [1.807, 2.05) is 0 Å². The number of carboxylic acid groups (broad SMARTS) is 1. The molecule has 0 atom stereocenters. The summed E-state index contributed by atoms with van der Waals surface area (Å²) in [7, 11) is 1.58. The minimum atomic E-state index is -1.20. The van der Waals surface area contributed by atoms with Crippen LogP contribution in [0.5, 0.6) is 11.5 Å². The van der Waals surface area contributed by atoms with Gasteiger partial charge in [0.05, 0.1) is 13.1 Å². The fourth-order valence-electron chi connectivity index (χ4n) is 1.45. The first-order chi connectivity index (χ1) is 10.1. The molecule has 0 saturated heterocycles. The molecular weight excluding hydrogens is 296 g/mol. The van der Waals surface area contributed by atoms with Gasteiger partial charge in [-0.05, 0) is 24.3 Å². The number of nitrogens with two attached hydrogens (primary N) is 1. The Morgan fingerprint density at radius 1 is 1.33 bits per heavy atom. The summed E-state index contributed by atoms with van der Waals surface area (Å²) < 4.78 is 11.7. The van der Waals surface area contributed by atoms with Crippen molar-refractivity contribution in [1.29, 1.82) is 0 Å². The standard InChI is InChI=1S/C12H14N4O4S/c1-19-8-2-4-9(5-3-8)20-6-10-14-15-12(16(10)13)21-7-11(17)18/h2-5H,6-7,13H2,1H3,(H,17,18)/p-1. The molecule has 2 aromatic rings. The molecule has 0 fully saturated rings. The summed E-state index contributed by atoms with van der Waals surface area (Å²) in [6.45, 7) is 0.113. The zero-order valence-electron chi connectivity index (χ0n) is 11.2. The minimum Gasteiger partial charge on any atom is -0.549 e. The molecule has 0 aliphatic heterocycles. The first-order valence-corrected chi connectivity index (χ1v) is 6.87. The molecule has 0 spiro atoms. The molecule has 112 valence electrons. The first-order valence-electron chi connectivity index (χ1n) is 5.89. The lowest BCUT2D eigenvalue weighted by Crippen LogP contribution is -2.25. The number of benzene rings is 1. The van der Waals surface area contributed by atoms with E-state index in [1.165, 1.54) is 4.68 Å². The van der Waals surface area contributed by atoms with Gasteiger partial charge in [0.2, 0.25) is 5.16 Å². The van der Waals surface area contributed by atoms with E-state index < -0.39 is 5.97 Å². The zero-order chi connectivity index (χ0) is 15.2. The van der Waals surface area contributed by atoms with Crippen molar-refractivity contribution < 1.29 is 19.4 Å². The number of aromatic nitrogens is 3. The van der Waals surface area contributed by atoms with E-state index >= 15 is 0 Å². The Morgan fingerprint density at radius 2 is 2.00 bits per heavy atom. The highest BCUT2D eigenvalue weighted by Crippen LogP contribution is 2.19. The number of aliphatic carboxylic acids is 1. The SMILES string of the molecule is COc1ccc(OCc2nnc(SCC(=O)[O-])n2N)cc1. The number of carboxylic acids is 1. The number of nitrogens with zero attached hydrogens (tertiary/aromatic N) is 3. The van der Waals surface area contributed by atoms with E-state index in [9.17, 15) is 9.90 Å². The predicted octanol–water partition coefficient (Wildman–Crippen LogP) is -0.578. The van der Waals surface area contributed by atoms with E-state index in [0.29, 0.717) is 11.6 Å². The molecule has 0 aliphatic rings. The number of hydrogen-bond donors (Lipinski definition) is 1. The van der Waals surface area contributed by atoms with E-state index in [2.05, 4.69) is 10.2 Å². The van der Waals surface area contributed by atoms with Crippen LogP contribution in [0.3, 0.4) is 0 Å². The van der Waals surface area contributed by atoms with Gasteiger partial charge < -0.3 is 25.2 Å². The van der Waals surface area contributed by atoms with Crippen molar-refractivity contribution in [3.8, 4) is 11.5 Å². The molecule has 0 saturated carbocycles. The van der Waals surface area contributed by atoms with Gasteiger partial charge >= 0.3 is 0 Å². The highest BCUT2D eigenvalue weighted by atomic mass is 32.2. The normalized spacial score (nSPS) is 10.3. The average Bonchev–Trinajstić information content (AvgIpc) is 2.84. The molecule has 0 radical (unpaired) electrons. The van der Waals surface area contributed by atoms with Gasteiger partial charge in [0.25, 0.3) is 0 Å². The van der Waals surface area contributed by atoms with E-state index in [0.717, 1.165) is 17.5 Å². The van der Waals surface area contributed by atoms with Crippen molar-refractivity contribution in [3.05, 3.63) is 30.1 Å². The first kappa shape index (κ1) is 15.0. The molecule has 2 N–H and O–H groups in total. The highest BCUT2D eigenvalue weighted by Gasteiger charge is 2.10.